The number of H-pyrrole nitrogens is 1. The quantitative estimate of drug-likeness (QED) is 0.687. The Morgan fingerprint density at radius 1 is 1.50 bits per heavy atom. The SMILES string of the molecule is CC(C)(C)c1nc(Sc2ncc([N+](=O)[O-])s2)n[nH]1. The predicted molar refractivity (Wildman–Crippen MR) is 68.0 cm³/mol. The van der Waals surface area contributed by atoms with Crippen LogP contribution in [0.2, 0.25) is 0 Å². The first-order valence-corrected chi connectivity index (χ1v) is 6.70. The van der Waals surface area contributed by atoms with E-state index in [4.69, 9.17) is 0 Å². The van der Waals surface area contributed by atoms with Crippen molar-refractivity contribution in [2.45, 2.75) is 35.7 Å². The highest BCUT2D eigenvalue weighted by Crippen LogP contribution is 2.33. The van der Waals surface area contributed by atoms with Gasteiger partial charge >= 0.3 is 5.00 Å². The fourth-order valence-corrected chi connectivity index (χ4v) is 2.69. The third kappa shape index (κ3) is 2.85. The molecule has 9 heteroatoms. The molecule has 1 N–H and O–H groups in total. The standard InChI is InChI=1S/C9H11N5O2S2/c1-9(2,3)6-11-7(13-12-6)18-8-10-4-5(17-8)14(15)16/h4H,1-3H3,(H,11,12,13). The van der Waals surface area contributed by atoms with Crippen molar-refractivity contribution in [2.75, 3.05) is 0 Å². The summed E-state index contributed by atoms with van der Waals surface area (Å²) in [5, 5.41) is 18.0. The molecular formula is C9H11N5O2S2. The number of thiazole rings is 1. The van der Waals surface area contributed by atoms with Crippen molar-refractivity contribution in [3.8, 4) is 0 Å². The maximum atomic E-state index is 10.5. The van der Waals surface area contributed by atoms with Crippen LogP contribution in [-0.4, -0.2) is 25.1 Å². The van der Waals surface area contributed by atoms with E-state index in [0.29, 0.717) is 9.50 Å². The highest BCUT2D eigenvalue weighted by atomic mass is 32.2. The first-order valence-electron chi connectivity index (χ1n) is 5.07. The number of nitrogens with zero attached hydrogens (tertiary/aromatic N) is 4. The molecule has 96 valence electrons. The van der Waals surface area contributed by atoms with Crippen molar-refractivity contribution >= 4 is 28.1 Å². The average Bonchev–Trinajstić information content (AvgIpc) is 2.85. The second kappa shape index (κ2) is 4.65. The molecule has 2 aromatic heterocycles. The molecule has 2 aromatic rings. The van der Waals surface area contributed by atoms with Gasteiger partial charge in [-0.05, 0) is 23.1 Å². The Balaban J connectivity index is 2.14. The first-order chi connectivity index (χ1) is 8.36. The molecule has 0 amide bonds. The number of rotatable bonds is 3. The molecule has 0 saturated heterocycles. The van der Waals surface area contributed by atoms with Crippen LogP contribution in [0, 0.1) is 10.1 Å². The number of aromatic nitrogens is 4. The fraction of sp³-hybridized carbons (Fsp3) is 0.444. The molecule has 0 atom stereocenters. The second-order valence-corrected chi connectivity index (χ2v) is 6.76. The van der Waals surface area contributed by atoms with Crippen molar-refractivity contribution in [3.05, 3.63) is 22.1 Å². The lowest BCUT2D eigenvalue weighted by atomic mass is 9.96. The van der Waals surface area contributed by atoms with Gasteiger partial charge in [0.15, 0.2) is 4.34 Å². The molecule has 0 bridgehead atoms. The van der Waals surface area contributed by atoms with Crippen LogP contribution in [0.1, 0.15) is 26.6 Å². The molecule has 18 heavy (non-hydrogen) atoms. The van der Waals surface area contributed by atoms with Crippen LogP contribution >= 0.6 is 23.1 Å². The highest BCUT2D eigenvalue weighted by molar-refractivity contribution is 8.00. The molecule has 0 spiro atoms. The van der Waals surface area contributed by atoms with Crippen molar-refractivity contribution in [1.82, 2.24) is 20.2 Å². The van der Waals surface area contributed by atoms with Crippen LogP contribution in [0.25, 0.3) is 0 Å². The Morgan fingerprint density at radius 2 is 2.22 bits per heavy atom. The molecule has 0 aliphatic heterocycles. The molecule has 7 nitrogen and oxygen atoms in total. The van der Waals surface area contributed by atoms with Crippen LogP contribution in [-0.2, 0) is 5.41 Å². The van der Waals surface area contributed by atoms with Gasteiger partial charge in [0.2, 0.25) is 5.16 Å². The summed E-state index contributed by atoms with van der Waals surface area (Å²) in [7, 11) is 0. The Morgan fingerprint density at radius 3 is 2.72 bits per heavy atom. The minimum Gasteiger partial charge on any atom is -0.262 e. The monoisotopic (exact) mass is 285 g/mol. The second-order valence-electron chi connectivity index (χ2n) is 4.54. The Kier molecular flexibility index (Phi) is 3.35. The lowest BCUT2D eigenvalue weighted by Gasteiger charge is -2.12. The molecule has 2 heterocycles. The van der Waals surface area contributed by atoms with Crippen molar-refractivity contribution in [2.24, 2.45) is 0 Å². The van der Waals surface area contributed by atoms with Gasteiger partial charge in [-0.25, -0.2) is 9.97 Å². The summed E-state index contributed by atoms with van der Waals surface area (Å²) in [6.07, 6.45) is 1.24. The lowest BCUT2D eigenvalue weighted by Crippen LogP contribution is -2.13. The zero-order valence-corrected chi connectivity index (χ0v) is 11.6. The van der Waals surface area contributed by atoms with Gasteiger partial charge in [-0.1, -0.05) is 20.8 Å². The number of aromatic amines is 1. The molecule has 0 aromatic carbocycles. The van der Waals surface area contributed by atoms with Gasteiger partial charge in [0, 0.05) is 5.41 Å². The predicted octanol–water partition coefficient (Wildman–Crippen LogP) is 2.62. The molecule has 0 saturated carbocycles. The summed E-state index contributed by atoms with van der Waals surface area (Å²) in [5.74, 6) is 0.774. The largest absolute Gasteiger partial charge is 0.344 e. The highest BCUT2D eigenvalue weighted by Gasteiger charge is 2.20. The van der Waals surface area contributed by atoms with Gasteiger partial charge in [0.05, 0.1) is 4.92 Å². The number of hydrogen-bond donors (Lipinski definition) is 1. The molecule has 0 aliphatic rings. The van der Waals surface area contributed by atoms with Gasteiger partial charge in [0.1, 0.15) is 12.0 Å². The molecule has 2 rings (SSSR count). The summed E-state index contributed by atoms with van der Waals surface area (Å²) in [6, 6.07) is 0. The van der Waals surface area contributed by atoms with E-state index in [2.05, 4.69) is 20.2 Å². The summed E-state index contributed by atoms with van der Waals surface area (Å²) in [6.45, 7) is 6.07. The first kappa shape index (κ1) is 13.0. The van der Waals surface area contributed by atoms with Crippen molar-refractivity contribution in [3.63, 3.8) is 0 Å². The summed E-state index contributed by atoms with van der Waals surface area (Å²) in [5.41, 5.74) is -0.110. The van der Waals surface area contributed by atoms with Crippen molar-refractivity contribution in [1.29, 1.82) is 0 Å². The third-order valence-electron chi connectivity index (χ3n) is 2.01. The molecular weight excluding hydrogens is 274 g/mol. The zero-order chi connectivity index (χ0) is 13.3. The number of nitrogens with one attached hydrogen (secondary N) is 1. The van der Waals surface area contributed by atoms with Gasteiger partial charge in [-0.15, -0.1) is 5.10 Å². The maximum Gasteiger partial charge on any atom is 0.344 e. The topological polar surface area (TPSA) is 97.6 Å². The Bertz CT molecular complexity index is 572. The van der Waals surface area contributed by atoms with Crippen LogP contribution in [0.3, 0.4) is 0 Å². The van der Waals surface area contributed by atoms with E-state index in [-0.39, 0.29) is 10.4 Å². The fourth-order valence-electron chi connectivity index (χ4n) is 1.09. The van der Waals surface area contributed by atoms with E-state index < -0.39 is 4.92 Å². The van der Waals surface area contributed by atoms with Crippen LogP contribution in [0.15, 0.2) is 15.7 Å². The van der Waals surface area contributed by atoms with Crippen LogP contribution < -0.4 is 0 Å². The summed E-state index contributed by atoms with van der Waals surface area (Å²) < 4.78 is 0.557. The van der Waals surface area contributed by atoms with Crippen LogP contribution in [0.5, 0.6) is 0 Å². The van der Waals surface area contributed by atoms with Crippen LogP contribution in [0.4, 0.5) is 5.00 Å². The molecule has 0 unspecified atom stereocenters. The molecule has 0 radical (unpaired) electrons. The lowest BCUT2D eigenvalue weighted by molar-refractivity contribution is -0.380. The maximum absolute atomic E-state index is 10.5. The van der Waals surface area contributed by atoms with Gasteiger partial charge in [-0.3, -0.25) is 15.2 Å². The molecule has 0 fully saturated rings. The summed E-state index contributed by atoms with van der Waals surface area (Å²) >= 11 is 2.22. The minimum atomic E-state index is -0.458. The van der Waals surface area contributed by atoms with E-state index in [1.54, 1.807) is 0 Å². The number of nitro groups is 1. The van der Waals surface area contributed by atoms with E-state index in [1.165, 1.54) is 18.0 Å². The average molecular weight is 285 g/mol. The smallest absolute Gasteiger partial charge is 0.262 e. The van der Waals surface area contributed by atoms with E-state index in [9.17, 15) is 10.1 Å². The zero-order valence-electron chi connectivity index (χ0n) is 10.00. The van der Waals surface area contributed by atoms with Gasteiger partial charge < -0.3 is 0 Å². The van der Waals surface area contributed by atoms with Crippen molar-refractivity contribution < 1.29 is 4.92 Å². The Labute approximate surface area is 111 Å². The number of hydrogen-bond acceptors (Lipinski definition) is 7. The van der Waals surface area contributed by atoms with Gasteiger partial charge in [-0.2, -0.15) is 0 Å². The van der Waals surface area contributed by atoms with E-state index >= 15 is 0 Å². The van der Waals surface area contributed by atoms with Gasteiger partial charge in [0.25, 0.3) is 0 Å². The summed E-state index contributed by atoms with van der Waals surface area (Å²) in [4.78, 5) is 18.3. The van der Waals surface area contributed by atoms with E-state index in [0.717, 1.165) is 17.2 Å². The third-order valence-corrected chi connectivity index (χ3v) is 3.89. The van der Waals surface area contributed by atoms with E-state index in [1.807, 2.05) is 20.8 Å². The Hall–Kier alpha value is -1.48. The normalized spacial score (nSPS) is 11.7. The minimum absolute atomic E-state index is 0.0177. The molecule has 0 aliphatic carbocycles.